The zero-order chi connectivity index (χ0) is 13.7. The molecule has 1 aliphatic carbocycles. The molecule has 1 heterocycles. The molecule has 2 rings (SSSR count). The Bertz CT molecular complexity index is 454. The molecule has 0 saturated carbocycles. The van der Waals surface area contributed by atoms with Gasteiger partial charge in [0.05, 0.1) is 17.2 Å². The summed E-state index contributed by atoms with van der Waals surface area (Å²) in [5, 5.41) is 10.0. The third-order valence-electron chi connectivity index (χ3n) is 3.07. The van der Waals surface area contributed by atoms with E-state index >= 15 is 0 Å². The van der Waals surface area contributed by atoms with Gasteiger partial charge in [0.2, 0.25) is 0 Å². The molecule has 1 aromatic heterocycles. The van der Waals surface area contributed by atoms with Crippen molar-refractivity contribution in [3.05, 3.63) is 28.2 Å². The van der Waals surface area contributed by atoms with Crippen LogP contribution in [0, 0.1) is 0 Å². The molecule has 0 spiro atoms. The number of hydrogen-bond donors (Lipinski definition) is 2. The fourth-order valence-corrected chi connectivity index (χ4v) is 2.80. The number of guanidine groups is 1. The molecule has 19 heavy (non-hydrogen) atoms. The van der Waals surface area contributed by atoms with Gasteiger partial charge in [0.25, 0.3) is 0 Å². The average Bonchev–Trinajstić information content (AvgIpc) is 3.05. The van der Waals surface area contributed by atoms with Gasteiger partial charge in [-0.1, -0.05) is 26.0 Å². The SMILES string of the molecule is CN=C(NCc1csc(C(C)C)n1)NC1CC=CC1. The highest BCUT2D eigenvalue weighted by atomic mass is 32.1. The van der Waals surface area contributed by atoms with Crippen molar-refractivity contribution in [2.75, 3.05) is 7.05 Å². The molecule has 0 radical (unpaired) electrons. The van der Waals surface area contributed by atoms with Gasteiger partial charge in [0, 0.05) is 24.4 Å². The number of aliphatic imine (C=N–C) groups is 1. The predicted octanol–water partition coefficient (Wildman–Crippen LogP) is 2.65. The molecule has 1 aliphatic rings. The lowest BCUT2D eigenvalue weighted by molar-refractivity contribution is 0.631. The maximum Gasteiger partial charge on any atom is 0.191 e. The Hall–Kier alpha value is -1.36. The minimum Gasteiger partial charge on any atom is -0.353 e. The van der Waals surface area contributed by atoms with Crippen LogP contribution >= 0.6 is 11.3 Å². The van der Waals surface area contributed by atoms with Gasteiger partial charge in [-0.15, -0.1) is 11.3 Å². The van der Waals surface area contributed by atoms with Crippen LogP contribution in [0.3, 0.4) is 0 Å². The summed E-state index contributed by atoms with van der Waals surface area (Å²) in [5.41, 5.74) is 1.08. The number of hydrogen-bond acceptors (Lipinski definition) is 3. The highest BCUT2D eigenvalue weighted by molar-refractivity contribution is 7.09. The lowest BCUT2D eigenvalue weighted by Crippen LogP contribution is -2.42. The van der Waals surface area contributed by atoms with Crippen LogP contribution in [-0.2, 0) is 6.54 Å². The first-order valence-corrected chi connectivity index (χ1v) is 7.63. The zero-order valence-corrected chi connectivity index (χ0v) is 12.6. The quantitative estimate of drug-likeness (QED) is 0.506. The number of aromatic nitrogens is 1. The maximum atomic E-state index is 4.61. The molecule has 2 N–H and O–H groups in total. The maximum absolute atomic E-state index is 4.61. The standard InChI is InChI=1S/C14H22N4S/c1-10(2)13-17-12(9-19-13)8-16-14(15-3)18-11-6-4-5-7-11/h4-5,9-11H,6-8H2,1-3H3,(H2,15,16,18). The topological polar surface area (TPSA) is 49.3 Å². The zero-order valence-electron chi connectivity index (χ0n) is 11.8. The molecule has 0 unspecified atom stereocenters. The van der Waals surface area contributed by atoms with Gasteiger partial charge in [-0.25, -0.2) is 4.98 Å². The summed E-state index contributed by atoms with van der Waals surface area (Å²) < 4.78 is 0. The molecule has 0 bridgehead atoms. The molecule has 0 aliphatic heterocycles. The van der Waals surface area contributed by atoms with Crippen LogP contribution in [0.4, 0.5) is 0 Å². The summed E-state index contributed by atoms with van der Waals surface area (Å²) in [7, 11) is 1.80. The molecule has 0 aromatic carbocycles. The van der Waals surface area contributed by atoms with Crippen LogP contribution in [0.25, 0.3) is 0 Å². The van der Waals surface area contributed by atoms with E-state index in [9.17, 15) is 0 Å². The Morgan fingerprint density at radius 1 is 1.47 bits per heavy atom. The highest BCUT2D eigenvalue weighted by Crippen LogP contribution is 2.18. The lowest BCUT2D eigenvalue weighted by Gasteiger charge is -2.16. The molecule has 1 aromatic rings. The molecule has 0 amide bonds. The first kappa shape index (κ1) is 14.1. The van der Waals surface area contributed by atoms with Gasteiger partial charge in [0.15, 0.2) is 5.96 Å². The molecule has 5 heteroatoms. The van der Waals surface area contributed by atoms with Crippen LogP contribution in [0.2, 0.25) is 0 Å². The molecule has 4 nitrogen and oxygen atoms in total. The fraction of sp³-hybridized carbons (Fsp3) is 0.571. The van der Waals surface area contributed by atoms with Crippen molar-refractivity contribution >= 4 is 17.3 Å². The van der Waals surface area contributed by atoms with Crippen molar-refractivity contribution in [1.82, 2.24) is 15.6 Å². The predicted molar refractivity (Wildman–Crippen MR) is 81.7 cm³/mol. The van der Waals surface area contributed by atoms with Crippen molar-refractivity contribution in [1.29, 1.82) is 0 Å². The second kappa shape index (κ2) is 6.70. The molecule has 0 saturated heterocycles. The minimum absolute atomic E-state index is 0.479. The summed E-state index contributed by atoms with van der Waals surface area (Å²) in [6.07, 6.45) is 6.57. The van der Waals surface area contributed by atoms with Gasteiger partial charge in [-0.3, -0.25) is 4.99 Å². The molecular formula is C14H22N4S. The first-order valence-electron chi connectivity index (χ1n) is 6.75. The van der Waals surface area contributed by atoms with Crippen molar-refractivity contribution in [2.24, 2.45) is 4.99 Å². The molecule has 104 valence electrons. The van der Waals surface area contributed by atoms with Crippen molar-refractivity contribution in [3.8, 4) is 0 Å². The van der Waals surface area contributed by atoms with Crippen LogP contribution in [-0.4, -0.2) is 24.0 Å². The van der Waals surface area contributed by atoms with E-state index in [2.05, 4.69) is 52.0 Å². The van der Waals surface area contributed by atoms with E-state index in [0.29, 0.717) is 12.0 Å². The van der Waals surface area contributed by atoms with E-state index in [4.69, 9.17) is 0 Å². The van der Waals surface area contributed by atoms with E-state index in [1.165, 1.54) is 5.01 Å². The van der Waals surface area contributed by atoms with Crippen molar-refractivity contribution in [2.45, 2.75) is 45.2 Å². The number of nitrogens with one attached hydrogen (secondary N) is 2. The molecular weight excluding hydrogens is 256 g/mol. The summed E-state index contributed by atoms with van der Waals surface area (Å²) in [6, 6.07) is 0.479. The van der Waals surface area contributed by atoms with Crippen molar-refractivity contribution < 1.29 is 0 Å². The van der Waals surface area contributed by atoms with Gasteiger partial charge in [-0.2, -0.15) is 0 Å². The fourth-order valence-electron chi connectivity index (χ4n) is 1.97. The van der Waals surface area contributed by atoms with E-state index in [-0.39, 0.29) is 0 Å². The van der Waals surface area contributed by atoms with E-state index < -0.39 is 0 Å². The van der Waals surface area contributed by atoms with E-state index in [0.717, 1.165) is 31.0 Å². The Morgan fingerprint density at radius 2 is 2.21 bits per heavy atom. The van der Waals surface area contributed by atoms with E-state index in [1.54, 1.807) is 18.4 Å². The Morgan fingerprint density at radius 3 is 2.79 bits per heavy atom. The minimum atomic E-state index is 0.479. The van der Waals surface area contributed by atoms with E-state index in [1.807, 2.05) is 0 Å². The van der Waals surface area contributed by atoms with Gasteiger partial charge >= 0.3 is 0 Å². The molecule has 0 atom stereocenters. The smallest absolute Gasteiger partial charge is 0.191 e. The average molecular weight is 278 g/mol. The third kappa shape index (κ3) is 4.06. The largest absolute Gasteiger partial charge is 0.353 e. The Kier molecular flexibility index (Phi) is 4.96. The second-order valence-electron chi connectivity index (χ2n) is 5.04. The normalized spacial score (nSPS) is 16.3. The lowest BCUT2D eigenvalue weighted by atomic mass is 10.2. The summed E-state index contributed by atoms with van der Waals surface area (Å²) in [4.78, 5) is 8.86. The number of thiazole rings is 1. The van der Waals surface area contributed by atoms with Crippen LogP contribution in [0.15, 0.2) is 22.5 Å². The Labute approximate surface area is 119 Å². The van der Waals surface area contributed by atoms with Crippen LogP contribution < -0.4 is 10.6 Å². The third-order valence-corrected chi connectivity index (χ3v) is 4.27. The van der Waals surface area contributed by atoms with Crippen LogP contribution in [0.1, 0.15) is 43.3 Å². The monoisotopic (exact) mass is 278 g/mol. The van der Waals surface area contributed by atoms with Crippen LogP contribution in [0.5, 0.6) is 0 Å². The second-order valence-corrected chi connectivity index (χ2v) is 5.93. The van der Waals surface area contributed by atoms with Gasteiger partial charge in [0.1, 0.15) is 0 Å². The number of nitrogens with zero attached hydrogens (tertiary/aromatic N) is 2. The highest BCUT2D eigenvalue weighted by Gasteiger charge is 2.12. The summed E-state index contributed by atoms with van der Waals surface area (Å²) in [5.74, 6) is 1.36. The van der Waals surface area contributed by atoms with Gasteiger partial charge in [-0.05, 0) is 12.8 Å². The first-order chi connectivity index (χ1) is 9.19. The van der Waals surface area contributed by atoms with Gasteiger partial charge < -0.3 is 10.6 Å². The summed E-state index contributed by atoms with van der Waals surface area (Å²) >= 11 is 1.73. The summed E-state index contributed by atoms with van der Waals surface area (Å²) in [6.45, 7) is 5.07. The number of rotatable bonds is 4. The Balaban J connectivity index is 1.81. The molecule has 0 fully saturated rings. The van der Waals surface area contributed by atoms with Crippen molar-refractivity contribution in [3.63, 3.8) is 0 Å².